The Morgan fingerprint density at radius 1 is 1.57 bits per heavy atom. The Morgan fingerprint density at radius 2 is 2.33 bits per heavy atom. The normalized spacial score (nSPS) is 20.1. The fourth-order valence-electron chi connectivity index (χ4n) is 2.18. The second kappa shape index (κ2) is 7.29. The van der Waals surface area contributed by atoms with Crippen molar-refractivity contribution in [1.29, 1.82) is 0 Å². The summed E-state index contributed by atoms with van der Waals surface area (Å²) >= 11 is 3.21. The summed E-state index contributed by atoms with van der Waals surface area (Å²) in [5.41, 5.74) is 0. The molecular formula is C14H21N3O2S2. The molecule has 0 aromatic carbocycles. The van der Waals surface area contributed by atoms with Gasteiger partial charge in [0, 0.05) is 18.0 Å². The number of carbonyl (C=O) groups excluding carboxylic acids is 2. The molecule has 1 aromatic heterocycles. The quantitative estimate of drug-likeness (QED) is 0.858. The molecule has 5 nitrogen and oxygen atoms in total. The Morgan fingerprint density at radius 3 is 2.95 bits per heavy atom. The van der Waals surface area contributed by atoms with Gasteiger partial charge < -0.3 is 15.1 Å². The molecule has 0 unspecified atom stereocenters. The van der Waals surface area contributed by atoms with Crippen LogP contribution in [0, 0.1) is 0 Å². The predicted octanol–water partition coefficient (Wildman–Crippen LogP) is 1.39. The highest BCUT2D eigenvalue weighted by Crippen LogP contribution is 2.41. The molecule has 1 aromatic rings. The first-order chi connectivity index (χ1) is 10.0. The van der Waals surface area contributed by atoms with Crippen molar-refractivity contribution in [3.8, 4) is 0 Å². The van der Waals surface area contributed by atoms with E-state index in [0.29, 0.717) is 12.3 Å². The molecule has 2 atom stereocenters. The maximum Gasteiger partial charge on any atom is 0.242 e. The van der Waals surface area contributed by atoms with Crippen LogP contribution < -0.4 is 5.32 Å². The number of amides is 2. The Labute approximate surface area is 133 Å². The van der Waals surface area contributed by atoms with Gasteiger partial charge in [0.15, 0.2) is 0 Å². The van der Waals surface area contributed by atoms with Gasteiger partial charge in [0.25, 0.3) is 0 Å². The van der Waals surface area contributed by atoms with Crippen LogP contribution in [0.2, 0.25) is 0 Å². The van der Waals surface area contributed by atoms with Gasteiger partial charge in [-0.15, -0.1) is 23.1 Å². The molecule has 2 heterocycles. The van der Waals surface area contributed by atoms with Crippen LogP contribution in [-0.2, 0) is 9.59 Å². The van der Waals surface area contributed by atoms with Gasteiger partial charge in [0.1, 0.15) is 11.4 Å². The van der Waals surface area contributed by atoms with Crippen molar-refractivity contribution in [3.05, 3.63) is 22.4 Å². The van der Waals surface area contributed by atoms with Crippen LogP contribution in [-0.4, -0.2) is 60.6 Å². The third-order valence-corrected chi connectivity index (χ3v) is 5.63. The highest BCUT2D eigenvalue weighted by molar-refractivity contribution is 8.00. The Hall–Kier alpha value is -1.05. The molecule has 1 aliphatic heterocycles. The predicted molar refractivity (Wildman–Crippen MR) is 87.4 cm³/mol. The molecule has 1 aliphatic rings. The fourth-order valence-corrected chi connectivity index (χ4v) is 4.41. The topological polar surface area (TPSA) is 52.7 Å². The van der Waals surface area contributed by atoms with Crippen molar-refractivity contribution in [2.75, 3.05) is 32.9 Å². The number of rotatable bonds is 6. The highest BCUT2D eigenvalue weighted by Gasteiger charge is 2.39. The zero-order chi connectivity index (χ0) is 15.4. The van der Waals surface area contributed by atoms with Crippen LogP contribution in [0.5, 0.6) is 0 Å². The van der Waals surface area contributed by atoms with Crippen molar-refractivity contribution in [2.24, 2.45) is 0 Å². The molecule has 1 saturated heterocycles. The maximum atomic E-state index is 12.2. The van der Waals surface area contributed by atoms with Crippen LogP contribution in [0.3, 0.4) is 0 Å². The average molecular weight is 327 g/mol. The molecule has 116 valence electrons. The van der Waals surface area contributed by atoms with Crippen LogP contribution >= 0.6 is 23.1 Å². The van der Waals surface area contributed by atoms with Gasteiger partial charge in [-0.1, -0.05) is 6.07 Å². The minimum absolute atomic E-state index is 0.0351. The SMILES string of the molecule is C[C@H](C(=O)NCCN(C)C)N1C(=O)CS[C@@H]1c1cccs1. The van der Waals surface area contributed by atoms with E-state index in [2.05, 4.69) is 5.32 Å². The number of hydrogen-bond acceptors (Lipinski definition) is 5. The Bertz CT molecular complexity index is 490. The van der Waals surface area contributed by atoms with E-state index >= 15 is 0 Å². The summed E-state index contributed by atoms with van der Waals surface area (Å²) in [4.78, 5) is 29.2. The zero-order valence-electron chi connectivity index (χ0n) is 12.5. The summed E-state index contributed by atoms with van der Waals surface area (Å²) < 4.78 is 0. The number of nitrogens with zero attached hydrogens (tertiary/aromatic N) is 2. The lowest BCUT2D eigenvalue weighted by atomic mass is 10.2. The number of likely N-dealkylation sites (N-methyl/N-ethyl adjacent to an activating group) is 1. The first-order valence-corrected chi connectivity index (χ1v) is 8.82. The molecule has 1 N–H and O–H groups in total. The van der Waals surface area contributed by atoms with Gasteiger partial charge in [-0.3, -0.25) is 9.59 Å². The number of carbonyl (C=O) groups is 2. The van der Waals surface area contributed by atoms with Gasteiger partial charge in [-0.2, -0.15) is 0 Å². The van der Waals surface area contributed by atoms with E-state index in [0.717, 1.165) is 11.4 Å². The zero-order valence-corrected chi connectivity index (χ0v) is 14.2. The van der Waals surface area contributed by atoms with E-state index in [-0.39, 0.29) is 17.2 Å². The van der Waals surface area contributed by atoms with Gasteiger partial charge in [-0.05, 0) is 32.5 Å². The van der Waals surface area contributed by atoms with Crippen molar-refractivity contribution < 1.29 is 9.59 Å². The molecule has 7 heteroatoms. The number of thioether (sulfide) groups is 1. The van der Waals surface area contributed by atoms with Crippen LogP contribution in [0.4, 0.5) is 0 Å². The molecule has 0 radical (unpaired) electrons. The second-order valence-electron chi connectivity index (χ2n) is 5.25. The average Bonchev–Trinajstić information content (AvgIpc) is 3.06. The van der Waals surface area contributed by atoms with Gasteiger partial charge in [-0.25, -0.2) is 0 Å². The number of nitrogens with one attached hydrogen (secondary N) is 1. The van der Waals surface area contributed by atoms with Crippen molar-refractivity contribution in [3.63, 3.8) is 0 Å². The minimum Gasteiger partial charge on any atom is -0.353 e. The fraction of sp³-hybridized carbons (Fsp3) is 0.571. The number of thiophene rings is 1. The standard InChI is InChI=1S/C14H21N3O2S2/c1-10(13(19)15-6-7-16(2)3)17-12(18)9-21-14(17)11-5-4-8-20-11/h4-5,8,10,14H,6-7,9H2,1-3H3,(H,15,19)/t10-,14-/m1/s1. The van der Waals surface area contributed by atoms with Crippen LogP contribution in [0.25, 0.3) is 0 Å². The molecule has 21 heavy (non-hydrogen) atoms. The summed E-state index contributed by atoms with van der Waals surface area (Å²) in [6.07, 6.45) is 0. The smallest absolute Gasteiger partial charge is 0.242 e. The molecule has 2 rings (SSSR count). The molecule has 0 aliphatic carbocycles. The molecule has 0 saturated carbocycles. The van der Waals surface area contributed by atoms with Gasteiger partial charge in [0.2, 0.25) is 11.8 Å². The first kappa shape index (κ1) is 16.3. The largest absolute Gasteiger partial charge is 0.353 e. The van der Waals surface area contributed by atoms with E-state index < -0.39 is 6.04 Å². The summed E-state index contributed by atoms with van der Waals surface area (Å²) in [6, 6.07) is 3.55. The van der Waals surface area contributed by atoms with E-state index in [1.165, 1.54) is 0 Å². The second-order valence-corrected chi connectivity index (χ2v) is 7.30. The van der Waals surface area contributed by atoms with Crippen LogP contribution in [0.1, 0.15) is 17.2 Å². The molecular weight excluding hydrogens is 306 g/mol. The summed E-state index contributed by atoms with van der Waals surface area (Å²) in [5.74, 6) is 0.389. The molecule has 1 fully saturated rings. The third-order valence-electron chi connectivity index (χ3n) is 3.35. The Kier molecular flexibility index (Phi) is 5.66. The molecule has 0 spiro atoms. The lowest BCUT2D eigenvalue weighted by molar-refractivity contribution is -0.137. The van der Waals surface area contributed by atoms with Crippen molar-refractivity contribution in [1.82, 2.24) is 15.1 Å². The van der Waals surface area contributed by atoms with E-state index in [1.54, 1.807) is 34.9 Å². The van der Waals surface area contributed by atoms with Crippen molar-refractivity contribution >= 4 is 34.9 Å². The summed E-state index contributed by atoms with van der Waals surface area (Å²) in [6.45, 7) is 3.18. The molecule has 0 bridgehead atoms. The summed E-state index contributed by atoms with van der Waals surface area (Å²) in [7, 11) is 3.92. The van der Waals surface area contributed by atoms with Gasteiger partial charge >= 0.3 is 0 Å². The lowest BCUT2D eigenvalue weighted by Gasteiger charge is -2.28. The Balaban J connectivity index is 2.00. The van der Waals surface area contributed by atoms with Gasteiger partial charge in [0.05, 0.1) is 5.75 Å². The van der Waals surface area contributed by atoms with Crippen LogP contribution in [0.15, 0.2) is 17.5 Å². The molecule has 2 amide bonds. The van der Waals surface area contributed by atoms with Crippen molar-refractivity contribution in [2.45, 2.75) is 18.3 Å². The summed E-state index contributed by atoms with van der Waals surface area (Å²) in [5, 5.41) is 4.86. The highest BCUT2D eigenvalue weighted by atomic mass is 32.2. The van der Waals surface area contributed by atoms with E-state index in [1.807, 2.05) is 36.5 Å². The van der Waals surface area contributed by atoms with E-state index in [4.69, 9.17) is 0 Å². The lowest BCUT2D eigenvalue weighted by Crippen LogP contribution is -2.47. The minimum atomic E-state index is -0.443. The maximum absolute atomic E-state index is 12.2. The number of hydrogen-bond donors (Lipinski definition) is 1. The monoisotopic (exact) mass is 327 g/mol. The van der Waals surface area contributed by atoms with E-state index in [9.17, 15) is 9.59 Å². The first-order valence-electron chi connectivity index (χ1n) is 6.89. The third kappa shape index (κ3) is 3.99.